The molecule has 2 N–H and O–H groups in total. The number of nitrogens with zero attached hydrogens (tertiary/aromatic N) is 2. The van der Waals surface area contributed by atoms with E-state index in [9.17, 15) is 15.2 Å². The normalized spacial score (nSPS) is 16.3. The fourth-order valence-electron chi connectivity index (χ4n) is 2.89. The maximum Gasteiger partial charge on any atom is 0.274 e. The van der Waals surface area contributed by atoms with Crippen molar-refractivity contribution < 1.29 is 10.0 Å². The number of nitrogens with one attached hydrogen (secondary N) is 1. The van der Waals surface area contributed by atoms with Gasteiger partial charge in [0, 0.05) is 38.3 Å². The number of phenolic OH excluding ortho intramolecular Hbond substituents is 1. The first kappa shape index (κ1) is 21.9. The smallest absolute Gasteiger partial charge is 0.274 e. The highest BCUT2D eigenvalue weighted by Crippen LogP contribution is 2.36. The van der Waals surface area contributed by atoms with Crippen molar-refractivity contribution in [1.29, 1.82) is 0 Å². The van der Waals surface area contributed by atoms with Crippen LogP contribution in [0.4, 0.5) is 5.69 Å². The predicted molar refractivity (Wildman–Crippen MR) is 95.9 cm³/mol. The highest BCUT2D eigenvalue weighted by molar-refractivity contribution is 5.85. The van der Waals surface area contributed by atoms with Crippen molar-refractivity contribution in [3.8, 4) is 5.75 Å². The molecule has 0 saturated carbocycles. The van der Waals surface area contributed by atoms with Gasteiger partial charge in [-0.3, -0.25) is 15.0 Å². The summed E-state index contributed by atoms with van der Waals surface area (Å²) in [5.74, 6) is 0.506. The Balaban J connectivity index is 0.00000242. The number of piperazine rings is 1. The molecule has 1 aliphatic heterocycles. The van der Waals surface area contributed by atoms with E-state index in [1.165, 1.54) is 12.1 Å². The molecule has 1 fully saturated rings. The van der Waals surface area contributed by atoms with Gasteiger partial charge in [-0.1, -0.05) is 13.8 Å². The van der Waals surface area contributed by atoms with Crippen LogP contribution in [0.15, 0.2) is 18.2 Å². The number of rotatable bonds is 5. The van der Waals surface area contributed by atoms with Crippen LogP contribution in [0.3, 0.4) is 0 Å². The molecule has 8 heteroatoms. The van der Waals surface area contributed by atoms with E-state index in [0.717, 1.165) is 32.6 Å². The van der Waals surface area contributed by atoms with Crippen LogP contribution in [-0.4, -0.2) is 41.1 Å². The number of benzene rings is 1. The van der Waals surface area contributed by atoms with Gasteiger partial charge in [0.1, 0.15) is 5.75 Å². The first-order chi connectivity index (χ1) is 9.99. The molecule has 2 rings (SSSR count). The van der Waals surface area contributed by atoms with Gasteiger partial charge in [0.15, 0.2) is 0 Å². The lowest BCUT2D eigenvalue weighted by Gasteiger charge is -2.36. The number of hydrogen-bond acceptors (Lipinski definition) is 5. The van der Waals surface area contributed by atoms with Crippen LogP contribution < -0.4 is 5.32 Å². The van der Waals surface area contributed by atoms with Gasteiger partial charge in [0.05, 0.1) is 10.5 Å². The Morgan fingerprint density at radius 1 is 1.30 bits per heavy atom. The van der Waals surface area contributed by atoms with E-state index in [1.54, 1.807) is 6.07 Å². The van der Waals surface area contributed by atoms with Gasteiger partial charge >= 0.3 is 0 Å². The van der Waals surface area contributed by atoms with E-state index in [1.807, 2.05) is 0 Å². The minimum atomic E-state index is -0.357. The SMILES string of the molecule is CC(C)C[C@H](c1cc(O)ccc1[N+](=O)[O-])N1CCNCC1.Cl.Cl. The predicted octanol–water partition coefficient (Wildman–Crippen LogP) is 3.14. The highest BCUT2D eigenvalue weighted by Gasteiger charge is 2.29. The molecule has 1 aliphatic rings. The van der Waals surface area contributed by atoms with Gasteiger partial charge in [0.25, 0.3) is 5.69 Å². The summed E-state index contributed by atoms with van der Waals surface area (Å²) in [5.41, 5.74) is 0.715. The maximum absolute atomic E-state index is 11.3. The molecule has 1 atom stereocenters. The molecule has 6 nitrogen and oxygen atoms in total. The summed E-state index contributed by atoms with van der Waals surface area (Å²) in [6.45, 7) is 7.74. The first-order valence-electron chi connectivity index (χ1n) is 7.41. The quantitative estimate of drug-likeness (QED) is 0.618. The van der Waals surface area contributed by atoms with E-state index in [4.69, 9.17) is 0 Å². The minimum Gasteiger partial charge on any atom is -0.508 e. The lowest BCUT2D eigenvalue weighted by molar-refractivity contribution is -0.386. The number of phenols is 1. The number of halogens is 2. The van der Waals surface area contributed by atoms with E-state index < -0.39 is 0 Å². The number of nitro benzene ring substituents is 1. The van der Waals surface area contributed by atoms with Crippen molar-refractivity contribution in [2.75, 3.05) is 26.2 Å². The molecule has 1 aromatic carbocycles. The molecule has 1 heterocycles. The van der Waals surface area contributed by atoms with Crippen LogP contribution in [0.25, 0.3) is 0 Å². The molecule has 1 saturated heterocycles. The second-order valence-corrected chi connectivity index (χ2v) is 5.93. The molecule has 0 aliphatic carbocycles. The minimum absolute atomic E-state index is 0. The van der Waals surface area contributed by atoms with Crippen LogP contribution in [0.1, 0.15) is 31.9 Å². The Hall–Kier alpha value is -1.08. The summed E-state index contributed by atoms with van der Waals surface area (Å²) < 4.78 is 0. The molecule has 0 aromatic heterocycles. The average molecular weight is 366 g/mol. The topological polar surface area (TPSA) is 78.6 Å². The van der Waals surface area contributed by atoms with E-state index >= 15 is 0 Å². The van der Waals surface area contributed by atoms with E-state index in [0.29, 0.717) is 11.5 Å². The fourth-order valence-corrected chi connectivity index (χ4v) is 2.89. The Morgan fingerprint density at radius 2 is 1.91 bits per heavy atom. The van der Waals surface area contributed by atoms with Crippen molar-refractivity contribution in [2.45, 2.75) is 26.3 Å². The third-order valence-corrected chi connectivity index (χ3v) is 3.85. The largest absolute Gasteiger partial charge is 0.508 e. The Bertz CT molecular complexity index is 509. The third kappa shape index (κ3) is 5.80. The molecule has 1 aromatic rings. The van der Waals surface area contributed by atoms with Gasteiger partial charge in [-0.25, -0.2) is 0 Å². The summed E-state index contributed by atoms with van der Waals surface area (Å²) in [4.78, 5) is 13.2. The monoisotopic (exact) mass is 365 g/mol. The van der Waals surface area contributed by atoms with Crippen LogP contribution in [-0.2, 0) is 0 Å². The number of aromatic hydroxyl groups is 1. The number of hydrogen-bond donors (Lipinski definition) is 2. The van der Waals surface area contributed by atoms with Gasteiger partial charge < -0.3 is 10.4 Å². The molecule has 132 valence electrons. The molecule has 0 bridgehead atoms. The van der Waals surface area contributed by atoms with Gasteiger partial charge in [-0.2, -0.15) is 0 Å². The van der Waals surface area contributed by atoms with Crippen LogP contribution >= 0.6 is 24.8 Å². The Kier molecular flexibility index (Phi) is 9.46. The van der Waals surface area contributed by atoms with Gasteiger partial charge in [0.2, 0.25) is 0 Å². The summed E-state index contributed by atoms with van der Waals surface area (Å²) in [7, 11) is 0. The highest BCUT2D eigenvalue weighted by atomic mass is 35.5. The van der Waals surface area contributed by atoms with Crippen molar-refractivity contribution in [3.63, 3.8) is 0 Å². The third-order valence-electron chi connectivity index (χ3n) is 3.85. The van der Waals surface area contributed by atoms with Crippen LogP contribution in [0.5, 0.6) is 5.75 Å². The zero-order valence-corrected chi connectivity index (χ0v) is 15.0. The van der Waals surface area contributed by atoms with Crippen LogP contribution in [0.2, 0.25) is 0 Å². The van der Waals surface area contributed by atoms with E-state index in [2.05, 4.69) is 24.1 Å². The lowest BCUT2D eigenvalue weighted by atomic mass is 9.93. The zero-order valence-electron chi connectivity index (χ0n) is 13.4. The molecular weight excluding hydrogens is 341 g/mol. The Labute approximate surface area is 149 Å². The summed E-state index contributed by atoms with van der Waals surface area (Å²) in [6.07, 6.45) is 0.838. The Morgan fingerprint density at radius 3 is 2.43 bits per heavy atom. The standard InChI is InChI=1S/C15H23N3O3.2ClH/c1-11(2)9-15(17-7-5-16-6-8-17)13-10-12(19)3-4-14(13)18(20)21;;/h3-4,10-11,15-16,19H,5-9H2,1-2H3;2*1H/t15-;;/m1../s1. The maximum atomic E-state index is 11.3. The lowest BCUT2D eigenvalue weighted by Crippen LogP contribution is -2.45. The van der Waals surface area contributed by atoms with Gasteiger partial charge in [-0.05, 0) is 24.5 Å². The van der Waals surface area contributed by atoms with Gasteiger partial charge in [-0.15, -0.1) is 24.8 Å². The summed E-state index contributed by atoms with van der Waals surface area (Å²) in [5, 5.41) is 24.3. The summed E-state index contributed by atoms with van der Waals surface area (Å²) in [6, 6.07) is 4.30. The van der Waals surface area contributed by atoms with Crippen molar-refractivity contribution in [3.05, 3.63) is 33.9 Å². The molecule has 0 spiro atoms. The second kappa shape index (κ2) is 9.93. The van der Waals surface area contributed by atoms with Crippen LogP contribution in [0, 0.1) is 16.0 Å². The number of nitro groups is 1. The second-order valence-electron chi connectivity index (χ2n) is 5.93. The fraction of sp³-hybridized carbons (Fsp3) is 0.600. The molecule has 0 radical (unpaired) electrons. The van der Waals surface area contributed by atoms with Crippen molar-refractivity contribution in [2.24, 2.45) is 5.92 Å². The molecule has 0 amide bonds. The zero-order chi connectivity index (χ0) is 15.4. The molecule has 23 heavy (non-hydrogen) atoms. The average Bonchev–Trinajstić information content (AvgIpc) is 2.45. The molecule has 0 unspecified atom stereocenters. The van der Waals surface area contributed by atoms with Crippen molar-refractivity contribution >= 4 is 30.5 Å². The van der Waals surface area contributed by atoms with Crippen molar-refractivity contribution in [1.82, 2.24) is 10.2 Å². The van der Waals surface area contributed by atoms with E-state index in [-0.39, 0.29) is 47.2 Å². The molecular formula is C15H25Cl2N3O3. The first-order valence-corrected chi connectivity index (χ1v) is 7.41. The summed E-state index contributed by atoms with van der Waals surface area (Å²) >= 11 is 0.